The topological polar surface area (TPSA) is 0 Å². The molecule has 1 heteroatoms. The van der Waals surface area contributed by atoms with Gasteiger partial charge in [0.15, 0.2) is 0 Å². The monoisotopic (exact) mass is 350 g/mol. The molecule has 4 aromatic carbocycles. The molecule has 0 amide bonds. The third kappa shape index (κ3) is 2.44. The Hall–Kier alpha value is -2.90. The highest BCUT2D eigenvalue weighted by Gasteiger charge is 2.12. The summed E-state index contributed by atoms with van der Waals surface area (Å²) in [5.41, 5.74) is 6.50. The van der Waals surface area contributed by atoms with Crippen LogP contribution < -0.4 is 0 Å². The molecule has 0 saturated heterocycles. The lowest BCUT2D eigenvalue weighted by atomic mass is 9.91. The summed E-state index contributed by atoms with van der Waals surface area (Å²) < 4.78 is 2.70. The van der Waals surface area contributed by atoms with E-state index in [1.807, 2.05) is 11.3 Å². The number of hydrogen-bond donors (Lipinski definition) is 0. The fourth-order valence-electron chi connectivity index (χ4n) is 3.79. The van der Waals surface area contributed by atoms with Crippen LogP contribution >= 0.6 is 11.3 Å². The van der Waals surface area contributed by atoms with E-state index in [0.29, 0.717) is 0 Å². The van der Waals surface area contributed by atoms with Gasteiger partial charge in [0.25, 0.3) is 0 Å². The van der Waals surface area contributed by atoms with Gasteiger partial charge in [0, 0.05) is 20.2 Å². The number of benzene rings is 4. The van der Waals surface area contributed by atoms with Crippen LogP contribution in [0.1, 0.15) is 5.56 Å². The molecule has 124 valence electrons. The third-order valence-corrected chi connectivity index (χ3v) is 6.16. The van der Waals surface area contributed by atoms with E-state index in [1.54, 1.807) is 0 Å². The van der Waals surface area contributed by atoms with Crippen molar-refractivity contribution in [3.05, 3.63) is 96.6 Å². The molecule has 0 aliphatic carbocycles. The number of hydrogen-bond acceptors (Lipinski definition) is 1. The highest BCUT2D eigenvalue weighted by atomic mass is 32.1. The first-order valence-corrected chi connectivity index (χ1v) is 9.69. The van der Waals surface area contributed by atoms with E-state index in [1.165, 1.54) is 48.0 Å². The number of rotatable bonds is 2. The minimum absolute atomic E-state index is 1.28. The lowest BCUT2D eigenvalue weighted by Gasteiger charge is -2.13. The molecule has 0 atom stereocenters. The summed E-state index contributed by atoms with van der Waals surface area (Å²) in [5.74, 6) is 0. The molecule has 26 heavy (non-hydrogen) atoms. The van der Waals surface area contributed by atoms with Gasteiger partial charge in [-0.15, -0.1) is 11.3 Å². The molecule has 0 fully saturated rings. The van der Waals surface area contributed by atoms with Crippen LogP contribution in [0.4, 0.5) is 0 Å². The largest absolute Gasteiger partial charge is 0.135 e. The van der Waals surface area contributed by atoms with Gasteiger partial charge in [-0.2, -0.15) is 0 Å². The van der Waals surface area contributed by atoms with Crippen molar-refractivity contribution in [2.45, 2.75) is 6.92 Å². The van der Waals surface area contributed by atoms with Gasteiger partial charge in [0.05, 0.1) is 0 Å². The molecular weight excluding hydrogens is 332 g/mol. The molecule has 0 spiro atoms. The molecule has 0 unspecified atom stereocenters. The van der Waals surface area contributed by atoms with Crippen LogP contribution in [-0.2, 0) is 0 Å². The lowest BCUT2D eigenvalue weighted by molar-refractivity contribution is 1.45. The summed E-state index contributed by atoms with van der Waals surface area (Å²) in [6.45, 7) is 2.20. The SMILES string of the molecule is Cc1cccc(-c2ccc3c(c2)sc2ccccc23)c1-c1ccccc1. The van der Waals surface area contributed by atoms with Gasteiger partial charge in [0.1, 0.15) is 0 Å². The van der Waals surface area contributed by atoms with E-state index in [4.69, 9.17) is 0 Å². The first-order chi connectivity index (χ1) is 12.8. The third-order valence-electron chi connectivity index (χ3n) is 5.03. The molecule has 5 aromatic rings. The Kier molecular flexibility index (Phi) is 3.62. The summed E-state index contributed by atoms with van der Waals surface area (Å²) in [7, 11) is 0. The molecule has 0 aliphatic rings. The molecule has 0 bridgehead atoms. The number of thiophene rings is 1. The molecule has 0 aliphatic heterocycles. The van der Waals surface area contributed by atoms with Crippen LogP contribution in [0.2, 0.25) is 0 Å². The van der Waals surface area contributed by atoms with Gasteiger partial charge in [-0.05, 0) is 46.9 Å². The normalized spacial score (nSPS) is 11.3. The Labute approximate surface area is 157 Å². The van der Waals surface area contributed by atoms with Crippen LogP contribution in [-0.4, -0.2) is 0 Å². The van der Waals surface area contributed by atoms with Crippen LogP contribution in [0.25, 0.3) is 42.4 Å². The average molecular weight is 350 g/mol. The first kappa shape index (κ1) is 15.4. The molecule has 1 aromatic heterocycles. The van der Waals surface area contributed by atoms with Crippen LogP contribution in [0.15, 0.2) is 91.0 Å². The average Bonchev–Trinajstić information content (AvgIpc) is 3.06. The standard InChI is InChI=1S/C25H18S/c1-17-8-7-12-20(25(17)18-9-3-2-4-10-18)19-14-15-22-21-11-5-6-13-23(21)26-24(22)16-19/h2-16H,1H3. The Morgan fingerprint density at radius 3 is 2.23 bits per heavy atom. The lowest BCUT2D eigenvalue weighted by Crippen LogP contribution is -1.88. The van der Waals surface area contributed by atoms with Gasteiger partial charge >= 0.3 is 0 Å². The van der Waals surface area contributed by atoms with Crippen molar-refractivity contribution in [3.63, 3.8) is 0 Å². The highest BCUT2D eigenvalue weighted by Crippen LogP contribution is 2.39. The summed E-state index contributed by atoms with van der Waals surface area (Å²) in [4.78, 5) is 0. The Morgan fingerprint density at radius 2 is 1.35 bits per heavy atom. The summed E-state index contributed by atoms with van der Waals surface area (Å²) >= 11 is 1.88. The smallest absolute Gasteiger partial charge is 0.0361 e. The molecule has 0 nitrogen and oxygen atoms in total. The van der Waals surface area contributed by atoms with E-state index in [0.717, 1.165) is 0 Å². The molecule has 0 radical (unpaired) electrons. The fourth-order valence-corrected chi connectivity index (χ4v) is 4.94. The maximum absolute atomic E-state index is 2.35. The minimum Gasteiger partial charge on any atom is -0.135 e. The van der Waals surface area contributed by atoms with Gasteiger partial charge in [-0.3, -0.25) is 0 Å². The van der Waals surface area contributed by atoms with E-state index < -0.39 is 0 Å². The van der Waals surface area contributed by atoms with Crippen LogP contribution in [0.3, 0.4) is 0 Å². The van der Waals surface area contributed by atoms with Crippen molar-refractivity contribution in [3.8, 4) is 22.3 Å². The second kappa shape index (κ2) is 6.12. The number of aryl methyl sites for hydroxylation is 1. The molecule has 0 saturated carbocycles. The van der Waals surface area contributed by atoms with Gasteiger partial charge in [0.2, 0.25) is 0 Å². The summed E-state index contributed by atoms with van der Waals surface area (Å²) in [6, 6.07) is 32.9. The second-order valence-electron chi connectivity index (χ2n) is 6.67. The molecular formula is C25H18S. The van der Waals surface area contributed by atoms with Crippen molar-refractivity contribution >= 4 is 31.5 Å². The van der Waals surface area contributed by atoms with Gasteiger partial charge in [-0.25, -0.2) is 0 Å². The molecule has 0 N–H and O–H groups in total. The Morgan fingerprint density at radius 1 is 0.577 bits per heavy atom. The highest BCUT2D eigenvalue weighted by molar-refractivity contribution is 7.25. The minimum atomic E-state index is 1.28. The van der Waals surface area contributed by atoms with Crippen molar-refractivity contribution < 1.29 is 0 Å². The summed E-state index contributed by atoms with van der Waals surface area (Å²) in [6.07, 6.45) is 0. The molecule has 1 heterocycles. The molecule has 5 rings (SSSR count). The van der Waals surface area contributed by atoms with Crippen molar-refractivity contribution in [1.29, 1.82) is 0 Å². The zero-order valence-corrected chi connectivity index (χ0v) is 15.4. The van der Waals surface area contributed by atoms with Crippen molar-refractivity contribution in [2.75, 3.05) is 0 Å². The van der Waals surface area contributed by atoms with E-state index in [-0.39, 0.29) is 0 Å². The maximum Gasteiger partial charge on any atom is 0.0361 e. The van der Waals surface area contributed by atoms with Gasteiger partial charge in [-0.1, -0.05) is 78.9 Å². The van der Waals surface area contributed by atoms with Crippen LogP contribution in [0.5, 0.6) is 0 Å². The zero-order chi connectivity index (χ0) is 17.5. The van der Waals surface area contributed by atoms with Crippen molar-refractivity contribution in [2.24, 2.45) is 0 Å². The zero-order valence-electron chi connectivity index (χ0n) is 14.6. The first-order valence-electron chi connectivity index (χ1n) is 8.88. The van der Waals surface area contributed by atoms with E-state index in [2.05, 4.69) is 97.9 Å². The van der Waals surface area contributed by atoms with Gasteiger partial charge < -0.3 is 0 Å². The van der Waals surface area contributed by atoms with E-state index in [9.17, 15) is 0 Å². The predicted octanol–water partition coefficient (Wildman–Crippen LogP) is 7.70. The Balaban J connectivity index is 1.76. The summed E-state index contributed by atoms with van der Waals surface area (Å²) in [5, 5.41) is 2.70. The van der Waals surface area contributed by atoms with Crippen LogP contribution in [0, 0.1) is 6.92 Å². The van der Waals surface area contributed by atoms with Crippen molar-refractivity contribution in [1.82, 2.24) is 0 Å². The number of fused-ring (bicyclic) bond motifs is 3. The predicted molar refractivity (Wildman–Crippen MR) is 115 cm³/mol. The Bertz CT molecular complexity index is 1230. The maximum atomic E-state index is 2.35. The van der Waals surface area contributed by atoms with E-state index >= 15 is 0 Å². The second-order valence-corrected chi connectivity index (χ2v) is 7.76. The fraction of sp³-hybridized carbons (Fsp3) is 0.0400. The quantitative estimate of drug-likeness (QED) is 0.306.